The smallest absolute Gasteiger partial charge is 0.194 e. The quantitative estimate of drug-likeness (QED) is 0.686. The molecule has 0 unspecified atom stereocenters. The standard InChI is InChI=1S/C17H26N4/c1-3-18-16(19-12-15-7-4-6-14(2)20-15)21-11-10-17(13-21)8-5-9-17/h4,6-7H,3,5,8-13H2,1-2H3,(H,18,19). The van der Waals surface area contributed by atoms with E-state index >= 15 is 0 Å². The molecule has 2 heterocycles. The molecule has 21 heavy (non-hydrogen) atoms. The van der Waals surface area contributed by atoms with Crippen LogP contribution in [0.2, 0.25) is 0 Å². The van der Waals surface area contributed by atoms with E-state index in [0.29, 0.717) is 12.0 Å². The van der Waals surface area contributed by atoms with Crippen molar-refractivity contribution in [3.8, 4) is 0 Å². The van der Waals surface area contributed by atoms with Gasteiger partial charge in [0.1, 0.15) is 0 Å². The number of nitrogens with one attached hydrogen (secondary N) is 1. The number of rotatable bonds is 3. The van der Waals surface area contributed by atoms with Crippen molar-refractivity contribution < 1.29 is 0 Å². The average Bonchev–Trinajstić information content (AvgIpc) is 2.89. The van der Waals surface area contributed by atoms with Crippen LogP contribution in [0.15, 0.2) is 23.2 Å². The number of hydrogen-bond donors (Lipinski definition) is 1. The van der Waals surface area contributed by atoms with E-state index in [4.69, 9.17) is 4.99 Å². The average molecular weight is 286 g/mol. The molecule has 0 amide bonds. The van der Waals surface area contributed by atoms with Gasteiger partial charge in [-0.15, -0.1) is 0 Å². The number of aromatic nitrogens is 1. The van der Waals surface area contributed by atoms with Crippen LogP contribution >= 0.6 is 0 Å². The molecule has 0 bridgehead atoms. The summed E-state index contributed by atoms with van der Waals surface area (Å²) in [6, 6.07) is 6.13. The zero-order valence-electron chi connectivity index (χ0n) is 13.2. The lowest BCUT2D eigenvalue weighted by atomic mass is 9.68. The van der Waals surface area contributed by atoms with Gasteiger partial charge in [-0.2, -0.15) is 0 Å². The van der Waals surface area contributed by atoms with Crippen molar-refractivity contribution in [3.05, 3.63) is 29.6 Å². The molecule has 114 valence electrons. The van der Waals surface area contributed by atoms with Gasteiger partial charge in [0.05, 0.1) is 12.2 Å². The Morgan fingerprint density at radius 1 is 1.38 bits per heavy atom. The molecule has 0 radical (unpaired) electrons. The lowest BCUT2D eigenvalue weighted by Gasteiger charge is -2.38. The second-order valence-electron chi connectivity index (χ2n) is 6.47. The minimum atomic E-state index is 0.609. The summed E-state index contributed by atoms with van der Waals surface area (Å²) in [4.78, 5) is 11.8. The molecule has 1 spiro atoms. The van der Waals surface area contributed by atoms with E-state index in [1.807, 2.05) is 13.0 Å². The predicted molar refractivity (Wildman–Crippen MR) is 86.3 cm³/mol. The molecule has 1 aromatic rings. The Balaban J connectivity index is 1.67. The number of likely N-dealkylation sites (tertiary alicyclic amines) is 1. The van der Waals surface area contributed by atoms with Crippen molar-refractivity contribution in [3.63, 3.8) is 0 Å². The van der Waals surface area contributed by atoms with Crippen molar-refractivity contribution in [1.82, 2.24) is 15.2 Å². The van der Waals surface area contributed by atoms with Gasteiger partial charge in [0.2, 0.25) is 0 Å². The van der Waals surface area contributed by atoms with Crippen molar-refractivity contribution >= 4 is 5.96 Å². The maximum atomic E-state index is 4.80. The number of aliphatic imine (C=N–C) groups is 1. The maximum Gasteiger partial charge on any atom is 0.194 e. The Bertz CT molecular complexity index is 519. The van der Waals surface area contributed by atoms with Gasteiger partial charge in [0.15, 0.2) is 5.96 Å². The largest absolute Gasteiger partial charge is 0.357 e. The van der Waals surface area contributed by atoms with Crippen LogP contribution in [0.1, 0.15) is 44.0 Å². The zero-order valence-corrected chi connectivity index (χ0v) is 13.2. The van der Waals surface area contributed by atoms with Crippen LogP contribution in [-0.4, -0.2) is 35.5 Å². The summed E-state index contributed by atoms with van der Waals surface area (Å²) in [6.45, 7) is 8.07. The van der Waals surface area contributed by atoms with Crippen molar-refractivity contribution in [2.24, 2.45) is 10.4 Å². The van der Waals surface area contributed by atoms with Gasteiger partial charge in [0, 0.05) is 25.3 Å². The van der Waals surface area contributed by atoms with Crippen LogP contribution in [0.5, 0.6) is 0 Å². The van der Waals surface area contributed by atoms with Crippen LogP contribution < -0.4 is 5.32 Å². The number of pyridine rings is 1. The Hall–Kier alpha value is -1.58. The highest BCUT2D eigenvalue weighted by atomic mass is 15.3. The van der Waals surface area contributed by atoms with Gasteiger partial charge in [-0.05, 0) is 50.7 Å². The van der Waals surface area contributed by atoms with Crippen LogP contribution in [-0.2, 0) is 6.54 Å². The molecule has 1 saturated heterocycles. The summed E-state index contributed by atoms with van der Waals surface area (Å²) in [5.41, 5.74) is 2.71. The van der Waals surface area contributed by atoms with Gasteiger partial charge in [0.25, 0.3) is 0 Å². The van der Waals surface area contributed by atoms with Gasteiger partial charge < -0.3 is 10.2 Å². The van der Waals surface area contributed by atoms with E-state index in [9.17, 15) is 0 Å². The highest BCUT2D eigenvalue weighted by Gasteiger charge is 2.43. The predicted octanol–water partition coefficient (Wildman–Crippen LogP) is 2.73. The summed E-state index contributed by atoms with van der Waals surface area (Å²) >= 11 is 0. The Morgan fingerprint density at radius 3 is 2.86 bits per heavy atom. The fraction of sp³-hybridized carbons (Fsp3) is 0.647. The van der Waals surface area contributed by atoms with Crippen LogP contribution in [0.25, 0.3) is 0 Å². The van der Waals surface area contributed by atoms with Gasteiger partial charge in [-0.25, -0.2) is 4.99 Å². The summed E-state index contributed by atoms with van der Waals surface area (Å²) in [7, 11) is 0. The second-order valence-corrected chi connectivity index (χ2v) is 6.47. The SMILES string of the molecule is CCNC(=NCc1cccc(C)n1)N1CCC2(CCC2)C1. The lowest BCUT2D eigenvalue weighted by Crippen LogP contribution is -2.42. The molecule has 1 saturated carbocycles. The number of nitrogens with zero attached hydrogens (tertiary/aromatic N) is 3. The minimum absolute atomic E-state index is 0.609. The molecular formula is C17H26N4. The van der Waals surface area contributed by atoms with Crippen molar-refractivity contribution in [1.29, 1.82) is 0 Å². The molecule has 2 fully saturated rings. The minimum Gasteiger partial charge on any atom is -0.357 e. The highest BCUT2D eigenvalue weighted by molar-refractivity contribution is 5.80. The monoisotopic (exact) mass is 286 g/mol. The normalized spacial score (nSPS) is 20.7. The van der Waals surface area contributed by atoms with Crippen LogP contribution in [0.4, 0.5) is 0 Å². The van der Waals surface area contributed by atoms with Gasteiger partial charge >= 0.3 is 0 Å². The van der Waals surface area contributed by atoms with E-state index in [2.05, 4.69) is 34.3 Å². The molecule has 4 heteroatoms. The Morgan fingerprint density at radius 2 is 2.24 bits per heavy atom. The van der Waals surface area contributed by atoms with Crippen LogP contribution in [0.3, 0.4) is 0 Å². The molecule has 3 rings (SSSR count). The third-order valence-corrected chi connectivity index (χ3v) is 4.82. The second kappa shape index (κ2) is 6.04. The van der Waals surface area contributed by atoms with Crippen molar-refractivity contribution in [2.75, 3.05) is 19.6 Å². The first-order valence-electron chi connectivity index (χ1n) is 8.17. The fourth-order valence-corrected chi connectivity index (χ4v) is 3.47. The van der Waals surface area contributed by atoms with Crippen molar-refractivity contribution in [2.45, 2.75) is 46.1 Å². The number of aryl methyl sites for hydroxylation is 1. The zero-order chi connectivity index (χ0) is 14.7. The first-order valence-corrected chi connectivity index (χ1v) is 8.17. The topological polar surface area (TPSA) is 40.5 Å². The molecule has 0 aromatic carbocycles. The van der Waals surface area contributed by atoms with E-state index in [1.54, 1.807) is 0 Å². The first-order chi connectivity index (χ1) is 10.2. The highest BCUT2D eigenvalue weighted by Crippen LogP contribution is 2.47. The van der Waals surface area contributed by atoms with Crippen LogP contribution in [0, 0.1) is 12.3 Å². The molecule has 2 aliphatic rings. The van der Waals surface area contributed by atoms with Gasteiger partial charge in [-0.3, -0.25) is 4.98 Å². The Labute approximate surface area is 127 Å². The summed E-state index contributed by atoms with van der Waals surface area (Å²) in [5, 5.41) is 3.44. The third-order valence-electron chi connectivity index (χ3n) is 4.82. The molecule has 1 aliphatic heterocycles. The van der Waals surface area contributed by atoms with E-state index in [-0.39, 0.29) is 0 Å². The summed E-state index contributed by atoms with van der Waals surface area (Å²) < 4.78 is 0. The first kappa shape index (κ1) is 14.4. The summed E-state index contributed by atoms with van der Waals surface area (Å²) in [5.74, 6) is 1.06. The summed E-state index contributed by atoms with van der Waals surface area (Å²) in [6.07, 6.45) is 5.56. The molecule has 1 aliphatic carbocycles. The van der Waals surface area contributed by atoms with E-state index < -0.39 is 0 Å². The van der Waals surface area contributed by atoms with Gasteiger partial charge in [-0.1, -0.05) is 12.5 Å². The lowest BCUT2D eigenvalue weighted by molar-refractivity contribution is 0.151. The molecular weight excluding hydrogens is 260 g/mol. The molecule has 4 nitrogen and oxygen atoms in total. The molecule has 0 atom stereocenters. The Kier molecular flexibility index (Phi) is 4.13. The fourth-order valence-electron chi connectivity index (χ4n) is 3.47. The number of guanidine groups is 1. The van der Waals surface area contributed by atoms with E-state index in [1.165, 1.54) is 32.2 Å². The van der Waals surface area contributed by atoms with E-state index in [0.717, 1.165) is 30.4 Å². The maximum absolute atomic E-state index is 4.80. The number of hydrogen-bond acceptors (Lipinski definition) is 2. The molecule has 1 aromatic heterocycles. The molecule has 1 N–H and O–H groups in total. The third kappa shape index (κ3) is 3.20.